The van der Waals surface area contributed by atoms with Crippen molar-refractivity contribution in [1.82, 2.24) is 9.97 Å². The second-order valence-corrected chi connectivity index (χ2v) is 4.69. The number of aromatic nitrogens is 2. The summed E-state index contributed by atoms with van der Waals surface area (Å²) >= 11 is 1.49. The Morgan fingerprint density at radius 1 is 1.56 bits per heavy atom. The molecule has 0 aliphatic rings. The second-order valence-electron chi connectivity index (χ2n) is 3.58. The number of esters is 1. The Morgan fingerprint density at radius 3 is 2.94 bits per heavy atom. The van der Waals surface area contributed by atoms with Crippen molar-refractivity contribution in [2.24, 2.45) is 5.84 Å². The molecule has 1 heterocycles. The molecule has 0 atom stereocenters. The number of anilines is 1. The van der Waals surface area contributed by atoms with Crippen molar-refractivity contribution in [1.29, 1.82) is 0 Å². The maximum atomic E-state index is 11.0. The summed E-state index contributed by atoms with van der Waals surface area (Å²) in [5, 5.41) is 0.810. The van der Waals surface area contributed by atoms with Crippen molar-refractivity contribution in [3.05, 3.63) is 11.9 Å². The summed E-state index contributed by atoms with van der Waals surface area (Å²) in [6.07, 6.45) is 2.14. The van der Waals surface area contributed by atoms with Gasteiger partial charge in [-0.1, -0.05) is 6.92 Å². The minimum atomic E-state index is -0.220. The van der Waals surface area contributed by atoms with Crippen LogP contribution in [-0.2, 0) is 16.0 Å². The molecule has 7 heteroatoms. The smallest absolute Gasteiger partial charge is 0.306 e. The van der Waals surface area contributed by atoms with E-state index >= 15 is 0 Å². The Hall–Kier alpha value is -1.34. The lowest BCUT2D eigenvalue weighted by Crippen LogP contribution is -2.11. The van der Waals surface area contributed by atoms with Crippen LogP contribution >= 0.6 is 11.8 Å². The van der Waals surface area contributed by atoms with Crippen LogP contribution in [0.4, 0.5) is 5.82 Å². The van der Waals surface area contributed by atoms with Gasteiger partial charge in [0.1, 0.15) is 16.7 Å². The van der Waals surface area contributed by atoms with Crippen LogP contribution in [0.15, 0.2) is 11.1 Å². The first-order chi connectivity index (χ1) is 8.69. The van der Waals surface area contributed by atoms with E-state index in [1.165, 1.54) is 18.9 Å². The number of nitrogen functional groups attached to an aromatic ring is 1. The summed E-state index contributed by atoms with van der Waals surface area (Å²) in [6.45, 7) is 2.07. The van der Waals surface area contributed by atoms with Gasteiger partial charge in [0, 0.05) is 18.2 Å². The standard InChI is InChI=1S/C11H18N4O2S/c1-3-4-8-13-9(15-12)7-10(14-8)18-6-5-11(16)17-2/h7H,3-6,12H2,1-2H3,(H,13,14,15). The van der Waals surface area contributed by atoms with Crippen LogP contribution in [0.3, 0.4) is 0 Å². The zero-order valence-corrected chi connectivity index (χ0v) is 11.4. The number of thioether (sulfide) groups is 1. The Balaban J connectivity index is 2.63. The Kier molecular flexibility index (Phi) is 6.45. The van der Waals surface area contributed by atoms with E-state index in [1.54, 1.807) is 6.07 Å². The third-order valence-electron chi connectivity index (χ3n) is 2.15. The van der Waals surface area contributed by atoms with Gasteiger partial charge < -0.3 is 10.2 Å². The van der Waals surface area contributed by atoms with Crippen molar-refractivity contribution in [2.45, 2.75) is 31.2 Å². The number of methoxy groups -OCH3 is 1. The molecule has 0 fully saturated rings. The molecule has 0 aromatic carbocycles. The van der Waals surface area contributed by atoms with E-state index in [9.17, 15) is 4.79 Å². The molecule has 0 aliphatic carbocycles. The lowest BCUT2D eigenvalue weighted by molar-refractivity contribution is -0.140. The molecule has 6 nitrogen and oxygen atoms in total. The fraction of sp³-hybridized carbons (Fsp3) is 0.545. The number of carbonyl (C=O) groups excluding carboxylic acids is 1. The van der Waals surface area contributed by atoms with E-state index in [0.29, 0.717) is 18.0 Å². The predicted molar refractivity (Wildman–Crippen MR) is 71.2 cm³/mol. The van der Waals surface area contributed by atoms with Crippen LogP contribution in [0.5, 0.6) is 0 Å². The number of hydrogen-bond donors (Lipinski definition) is 2. The molecule has 0 bridgehead atoms. The highest BCUT2D eigenvalue weighted by Gasteiger charge is 2.06. The number of aryl methyl sites for hydroxylation is 1. The molecule has 1 rings (SSSR count). The molecular formula is C11H18N4O2S. The first kappa shape index (κ1) is 14.7. The van der Waals surface area contributed by atoms with Crippen LogP contribution in [0.1, 0.15) is 25.6 Å². The maximum Gasteiger partial charge on any atom is 0.306 e. The Morgan fingerprint density at radius 2 is 2.33 bits per heavy atom. The highest BCUT2D eigenvalue weighted by molar-refractivity contribution is 7.99. The zero-order chi connectivity index (χ0) is 13.4. The topological polar surface area (TPSA) is 90.1 Å². The summed E-state index contributed by atoms with van der Waals surface area (Å²) in [7, 11) is 1.38. The van der Waals surface area contributed by atoms with E-state index in [4.69, 9.17) is 5.84 Å². The normalized spacial score (nSPS) is 10.2. The summed E-state index contributed by atoms with van der Waals surface area (Å²) < 4.78 is 4.58. The van der Waals surface area contributed by atoms with Gasteiger partial charge in [0.25, 0.3) is 0 Å². The molecule has 18 heavy (non-hydrogen) atoms. The maximum absolute atomic E-state index is 11.0. The lowest BCUT2D eigenvalue weighted by Gasteiger charge is -2.06. The summed E-state index contributed by atoms with van der Waals surface area (Å²) in [4.78, 5) is 19.6. The summed E-state index contributed by atoms with van der Waals surface area (Å²) in [5.74, 6) is 7.11. The number of carbonyl (C=O) groups is 1. The van der Waals surface area contributed by atoms with Crippen LogP contribution in [-0.4, -0.2) is 28.8 Å². The van der Waals surface area contributed by atoms with Crippen molar-refractivity contribution in [2.75, 3.05) is 18.3 Å². The van der Waals surface area contributed by atoms with Gasteiger partial charge in [-0.2, -0.15) is 0 Å². The highest BCUT2D eigenvalue weighted by atomic mass is 32.2. The molecule has 100 valence electrons. The van der Waals surface area contributed by atoms with Crippen molar-refractivity contribution < 1.29 is 9.53 Å². The number of hydrogen-bond acceptors (Lipinski definition) is 7. The van der Waals surface area contributed by atoms with Crippen molar-refractivity contribution in [3.8, 4) is 0 Å². The third-order valence-corrected chi connectivity index (χ3v) is 3.07. The molecule has 1 aromatic heterocycles. The average molecular weight is 270 g/mol. The van der Waals surface area contributed by atoms with E-state index < -0.39 is 0 Å². The molecule has 0 spiro atoms. The number of hydrazine groups is 1. The van der Waals surface area contributed by atoms with Crippen LogP contribution in [0.2, 0.25) is 0 Å². The number of nitrogens with two attached hydrogens (primary N) is 1. The molecule has 3 N–H and O–H groups in total. The first-order valence-corrected chi connectivity index (χ1v) is 6.72. The van der Waals surface area contributed by atoms with E-state index in [1.807, 2.05) is 0 Å². The fourth-order valence-corrected chi connectivity index (χ4v) is 2.14. The predicted octanol–water partition coefficient (Wildman–Crippen LogP) is 1.37. The lowest BCUT2D eigenvalue weighted by atomic mass is 10.3. The molecule has 0 radical (unpaired) electrons. The Bertz CT molecular complexity index is 401. The molecule has 0 amide bonds. The van der Waals surface area contributed by atoms with Gasteiger partial charge >= 0.3 is 5.97 Å². The van der Waals surface area contributed by atoms with Gasteiger partial charge in [-0.05, 0) is 6.42 Å². The van der Waals surface area contributed by atoms with Crippen LogP contribution in [0, 0.1) is 0 Å². The summed E-state index contributed by atoms with van der Waals surface area (Å²) in [5.41, 5.74) is 2.52. The molecular weight excluding hydrogens is 252 g/mol. The quantitative estimate of drug-likeness (QED) is 0.254. The number of rotatable bonds is 7. The fourth-order valence-electron chi connectivity index (χ4n) is 1.30. The van der Waals surface area contributed by atoms with E-state index in [0.717, 1.165) is 23.7 Å². The minimum Gasteiger partial charge on any atom is -0.469 e. The second kappa shape index (κ2) is 7.88. The highest BCUT2D eigenvalue weighted by Crippen LogP contribution is 2.19. The van der Waals surface area contributed by atoms with E-state index in [-0.39, 0.29) is 5.97 Å². The van der Waals surface area contributed by atoms with Crippen LogP contribution in [0.25, 0.3) is 0 Å². The number of ether oxygens (including phenoxy) is 1. The van der Waals surface area contributed by atoms with Gasteiger partial charge in [0.15, 0.2) is 0 Å². The molecule has 1 aromatic rings. The molecule has 0 saturated heterocycles. The van der Waals surface area contributed by atoms with Gasteiger partial charge in [-0.15, -0.1) is 11.8 Å². The first-order valence-electron chi connectivity index (χ1n) is 5.73. The summed E-state index contributed by atoms with van der Waals surface area (Å²) in [6, 6.07) is 1.76. The third kappa shape index (κ3) is 4.89. The van der Waals surface area contributed by atoms with Gasteiger partial charge in [-0.25, -0.2) is 15.8 Å². The largest absolute Gasteiger partial charge is 0.469 e. The van der Waals surface area contributed by atoms with Gasteiger partial charge in [0.2, 0.25) is 0 Å². The van der Waals surface area contributed by atoms with Crippen LogP contribution < -0.4 is 11.3 Å². The minimum absolute atomic E-state index is 0.220. The van der Waals surface area contributed by atoms with Crippen molar-refractivity contribution in [3.63, 3.8) is 0 Å². The SMILES string of the molecule is CCCc1nc(NN)cc(SCCC(=O)OC)n1. The molecule has 0 saturated carbocycles. The zero-order valence-electron chi connectivity index (χ0n) is 10.6. The number of nitrogens with zero attached hydrogens (tertiary/aromatic N) is 2. The number of nitrogens with one attached hydrogen (secondary N) is 1. The molecule has 0 aliphatic heterocycles. The average Bonchev–Trinajstić information content (AvgIpc) is 2.38. The van der Waals surface area contributed by atoms with Gasteiger partial charge in [0.05, 0.1) is 13.5 Å². The van der Waals surface area contributed by atoms with E-state index in [2.05, 4.69) is 27.1 Å². The monoisotopic (exact) mass is 270 g/mol. The Labute approximate surface area is 111 Å². The molecule has 0 unspecified atom stereocenters. The van der Waals surface area contributed by atoms with Gasteiger partial charge in [-0.3, -0.25) is 4.79 Å². The van der Waals surface area contributed by atoms with Crippen molar-refractivity contribution >= 4 is 23.5 Å².